The lowest BCUT2D eigenvalue weighted by Gasteiger charge is -2.49. The van der Waals surface area contributed by atoms with E-state index in [2.05, 4.69) is 11.1 Å². The molecule has 0 amide bonds. The van der Waals surface area contributed by atoms with E-state index in [9.17, 15) is 13.5 Å². The van der Waals surface area contributed by atoms with Gasteiger partial charge in [0, 0.05) is 38.3 Å². The van der Waals surface area contributed by atoms with E-state index in [1.165, 1.54) is 10.6 Å². The normalized spacial score (nSPS) is 28.9. The zero-order valence-electron chi connectivity index (χ0n) is 13.0. The van der Waals surface area contributed by atoms with E-state index < -0.39 is 15.6 Å². The molecule has 2 aliphatic heterocycles. The average molecular weight is 336 g/mol. The summed E-state index contributed by atoms with van der Waals surface area (Å²) in [6.45, 7) is 1.87. The molecule has 1 N–H and O–H groups in total. The van der Waals surface area contributed by atoms with Crippen LogP contribution in [0, 0.1) is 17.2 Å². The SMILES string of the molecule is CS(=O)(=O)N1CC[C@@]2(O)CCN(c3cc(C#N)ccn3)C[C@H]2C1. The van der Waals surface area contributed by atoms with Crippen molar-refractivity contribution < 1.29 is 13.5 Å². The topological polar surface area (TPSA) is 97.5 Å². The number of sulfonamides is 1. The minimum absolute atomic E-state index is 0.160. The number of aromatic nitrogens is 1. The summed E-state index contributed by atoms with van der Waals surface area (Å²) >= 11 is 0. The minimum Gasteiger partial charge on any atom is -0.389 e. The zero-order valence-corrected chi connectivity index (χ0v) is 13.8. The first-order chi connectivity index (χ1) is 10.8. The number of hydrogen-bond donors (Lipinski definition) is 1. The van der Waals surface area contributed by atoms with Crippen molar-refractivity contribution in [3.05, 3.63) is 23.9 Å². The highest BCUT2D eigenvalue weighted by Gasteiger charge is 2.46. The molecule has 0 unspecified atom stereocenters. The van der Waals surface area contributed by atoms with E-state index in [1.54, 1.807) is 18.3 Å². The van der Waals surface area contributed by atoms with Gasteiger partial charge in [-0.2, -0.15) is 5.26 Å². The van der Waals surface area contributed by atoms with Crippen molar-refractivity contribution in [3.63, 3.8) is 0 Å². The number of piperidine rings is 2. The Balaban J connectivity index is 1.80. The van der Waals surface area contributed by atoms with E-state index in [-0.39, 0.29) is 5.92 Å². The molecular formula is C15H20N4O3S. The van der Waals surface area contributed by atoms with Crippen LogP contribution in [-0.2, 0) is 10.0 Å². The Morgan fingerprint density at radius 3 is 2.83 bits per heavy atom. The molecule has 0 spiro atoms. The van der Waals surface area contributed by atoms with Crippen LogP contribution in [0.2, 0.25) is 0 Å². The van der Waals surface area contributed by atoms with Crippen LogP contribution in [-0.4, -0.2) is 60.8 Å². The second-order valence-corrected chi connectivity index (χ2v) is 8.36. The maximum Gasteiger partial charge on any atom is 0.211 e. The fraction of sp³-hybridized carbons (Fsp3) is 0.600. The van der Waals surface area contributed by atoms with Crippen molar-refractivity contribution >= 4 is 15.8 Å². The highest BCUT2D eigenvalue weighted by molar-refractivity contribution is 7.88. The molecule has 2 aliphatic rings. The van der Waals surface area contributed by atoms with Crippen molar-refractivity contribution in [1.82, 2.24) is 9.29 Å². The molecule has 0 radical (unpaired) electrons. The summed E-state index contributed by atoms with van der Waals surface area (Å²) in [4.78, 5) is 6.32. The fourth-order valence-electron chi connectivity index (χ4n) is 3.44. The van der Waals surface area contributed by atoms with Crippen LogP contribution in [0.5, 0.6) is 0 Å². The lowest BCUT2D eigenvalue weighted by atomic mass is 9.76. The molecule has 0 aromatic carbocycles. The second kappa shape index (κ2) is 5.74. The molecule has 3 heterocycles. The van der Waals surface area contributed by atoms with Crippen LogP contribution in [0.15, 0.2) is 18.3 Å². The first kappa shape index (κ1) is 16.2. The van der Waals surface area contributed by atoms with Gasteiger partial charge in [-0.15, -0.1) is 0 Å². The number of nitrogens with zero attached hydrogens (tertiary/aromatic N) is 4. The number of aliphatic hydroxyl groups is 1. The van der Waals surface area contributed by atoms with E-state index in [4.69, 9.17) is 5.26 Å². The molecule has 0 saturated carbocycles. The Bertz CT molecular complexity index is 745. The van der Waals surface area contributed by atoms with E-state index in [0.717, 1.165) is 0 Å². The van der Waals surface area contributed by atoms with Gasteiger partial charge in [-0.25, -0.2) is 17.7 Å². The summed E-state index contributed by atoms with van der Waals surface area (Å²) in [5.74, 6) is 0.537. The highest BCUT2D eigenvalue weighted by Crippen LogP contribution is 2.37. The van der Waals surface area contributed by atoms with Crippen molar-refractivity contribution in [1.29, 1.82) is 5.26 Å². The predicted molar refractivity (Wildman–Crippen MR) is 85.3 cm³/mol. The number of hydrogen-bond acceptors (Lipinski definition) is 6. The smallest absolute Gasteiger partial charge is 0.211 e. The third-order valence-electron chi connectivity index (χ3n) is 4.90. The molecule has 2 fully saturated rings. The van der Waals surface area contributed by atoms with Gasteiger partial charge in [-0.1, -0.05) is 0 Å². The lowest BCUT2D eigenvalue weighted by Crippen LogP contribution is -2.60. The third kappa shape index (κ3) is 3.17. The van der Waals surface area contributed by atoms with Crippen molar-refractivity contribution in [2.75, 3.05) is 37.3 Å². The zero-order chi connectivity index (χ0) is 16.7. The van der Waals surface area contributed by atoms with Crippen LogP contribution in [0.1, 0.15) is 18.4 Å². The predicted octanol–water partition coefficient (Wildman–Crippen LogP) is 0.176. The van der Waals surface area contributed by atoms with Crippen molar-refractivity contribution in [2.45, 2.75) is 18.4 Å². The van der Waals surface area contributed by atoms with Gasteiger partial charge < -0.3 is 10.0 Å². The Morgan fingerprint density at radius 2 is 2.13 bits per heavy atom. The van der Waals surface area contributed by atoms with Gasteiger partial charge in [0.2, 0.25) is 10.0 Å². The van der Waals surface area contributed by atoms with Crippen LogP contribution >= 0.6 is 0 Å². The quantitative estimate of drug-likeness (QED) is 0.827. The van der Waals surface area contributed by atoms with Crippen molar-refractivity contribution in [2.24, 2.45) is 5.92 Å². The standard InChI is InChI=1S/C15H20N4O3S/c1-23(21,22)19-7-4-15(20)3-6-18(10-13(15)11-19)14-8-12(9-16)2-5-17-14/h2,5,8,13,20H,3-4,6-7,10-11H2,1H3/t13-,15-/m0/s1. The second-order valence-electron chi connectivity index (χ2n) is 6.38. The molecule has 1 aromatic heterocycles. The number of nitriles is 1. The highest BCUT2D eigenvalue weighted by atomic mass is 32.2. The fourth-order valence-corrected chi connectivity index (χ4v) is 4.32. The Morgan fingerprint density at radius 1 is 1.39 bits per heavy atom. The molecular weight excluding hydrogens is 316 g/mol. The maximum absolute atomic E-state index is 11.8. The van der Waals surface area contributed by atoms with Crippen molar-refractivity contribution in [3.8, 4) is 6.07 Å². The van der Waals surface area contributed by atoms with E-state index in [0.29, 0.717) is 50.4 Å². The Hall–Kier alpha value is -1.69. The first-order valence-electron chi connectivity index (χ1n) is 7.60. The summed E-state index contributed by atoms with van der Waals surface area (Å²) in [5, 5.41) is 19.8. The largest absolute Gasteiger partial charge is 0.389 e. The molecule has 2 atom stereocenters. The lowest BCUT2D eigenvalue weighted by molar-refractivity contribution is -0.0688. The molecule has 2 saturated heterocycles. The van der Waals surface area contributed by atoms with Crippen LogP contribution in [0.3, 0.4) is 0 Å². The van der Waals surface area contributed by atoms with Gasteiger partial charge in [-0.3, -0.25) is 0 Å². The van der Waals surface area contributed by atoms with Gasteiger partial charge in [0.25, 0.3) is 0 Å². The average Bonchev–Trinajstić information content (AvgIpc) is 2.52. The molecule has 0 aliphatic carbocycles. The Labute approximate surface area is 136 Å². The molecule has 124 valence electrons. The molecule has 23 heavy (non-hydrogen) atoms. The van der Waals surface area contributed by atoms with Crippen LogP contribution in [0.25, 0.3) is 0 Å². The molecule has 7 nitrogen and oxygen atoms in total. The number of rotatable bonds is 2. The van der Waals surface area contributed by atoms with E-state index in [1.807, 2.05) is 4.90 Å². The molecule has 3 rings (SSSR count). The van der Waals surface area contributed by atoms with Gasteiger partial charge in [0.15, 0.2) is 0 Å². The molecule has 1 aromatic rings. The Kier molecular flexibility index (Phi) is 4.04. The number of anilines is 1. The summed E-state index contributed by atoms with van der Waals surface area (Å²) in [7, 11) is -3.25. The van der Waals surface area contributed by atoms with E-state index >= 15 is 0 Å². The first-order valence-corrected chi connectivity index (χ1v) is 9.45. The number of fused-ring (bicyclic) bond motifs is 1. The van der Waals surface area contributed by atoms with Crippen LogP contribution in [0.4, 0.5) is 5.82 Å². The summed E-state index contributed by atoms with van der Waals surface area (Å²) in [6, 6.07) is 5.47. The third-order valence-corrected chi connectivity index (χ3v) is 6.17. The van der Waals surface area contributed by atoms with Gasteiger partial charge in [0.1, 0.15) is 5.82 Å². The van der Waals surface area contributed by atoms with Gasteiger partial charge >= 0.3 is 0 Å². The summed E-state index contributed by atoms with van der Waals surface area (Å²) in [5.41, 5.74) is -0.276. The molecule has 8 heteroatoms. The summed E-state index contributed by atoms with van der Waals surface area (Å²) in [6.07, 6.45) is 3.84. The summed E-state index contributed by atoms with van der Waals surface area (Å²) < 4.78 is 25.0. The minimum atomic E-state index is -3.25. The van der Waals surface area contributed by atoms with Gasteiger partial charge in [0.05, 0.1) is 23.5 Å². The maximum atomic E-state index is 11.8. The van der Waals surface area contributed by atoms with Gasteiger partial charge in [-0.05, 0) is 25.0 Å². The van der Waals surface area contributed by atoms with Crippen LogP contribution < -0.4 is 4.90 Å². The number of pyridine rings is 1. The molecule has 0 bridgehead atoms. The monoisotopic (exact) mass is 336 g/mol.